The van der Waals surface area contributed by atoms with Crippen molar-refractivity contribution >= 4 is 45.3 Å². The van der Waals surface area contributed by atoms with E-state index >= 15 is 0 Å². The van der Waals surface area contributed by atoms with Gasteiger partial charge in [0.05, 0.1) is 22.4 Å². The second-order valence-electron chi connectivity index (χ2n) is 14.6. The molecule has 11 rings (SSSR count). The van der Waals surface area contributed by atoms with Gasteiger partial charge in [0.25, 0.3) is 0 Å². The lowest BCUT2D eigenvalue weighted by Crippen LogP contribution is -2.15. The first-order valence-corrected chi connectivity index (χ1v) is 20.0. The SMILES string of the molecule is CC1(C)c2ccccc2-c2ccc3c(c21)c1cc2c(cc1n3-c1cccc(-c3cc(-c4ccccc4)nc(-c4ccccc4)n3)c1)Sc1ccccc1S2. The largest absolute Gasteiger partial charge is 0.309 e. The van der Waals surface area contributed by atoms with Crippen molar-refractivity contribution in [3.63, 3.8) is 0 Å². The van der Waals surface area contributed by atoms with Gasteiger partial charge >= 0.3 is 0 Å². The molecule has 0 saturated carbocycles. The molecular formula is C49H33N3S2. The third-order valence-electron chi connectivity index (χ3n) is 11.0. The van der Waals surface area contributed by atoms with Gasteiger partial charge in [0.1, 0.15) is 0 Å². The van der Waals surface area contributed by atoms with Gasteiger partial charge in [-0.2, -0.15) is 0 Å². The Hall–Kier alpha value is -5.88. The third kappa shape index (κ3) is 4.85. The van der Waals surface area contributed by atoms with Crippen LogP contribution in [0.4, 0.5) is 0 Å². The summed E-state index contributed by atoms with van der Waals surface area (Å²) in [5, 5.41) is 2.63. The van der Waals surface area contributed by atoms with Gasteiger partial charge in [-0.05, 0) is 70.8 Å². The first-order valence-electron chi connectivity index (χ1n) is 18.3. The van der Waals surface area contributed by atoms with E-state index in [4.69, 9.17) is 9.97 Å². The molecule has 7 aromatic carbocycles. The molecule has 0 bridgehead atoms. The van der Waals surface area contributed by atoms with Crippen molar-refractivity contribution in [2.24, 2.45) is 0 Å². The topological polar surface area (TPSA) is 30.7 Å². The van der Waals surface area contributed by atoms with Gasteiger partial charge in [-0.25, -0.2) is 9.97 Å². The Morgan fingerprint density at radius 1 is 0.481 bits per heavy atom. The predicted octanol–water partition coefficient (Wildman–Crippen LogP) is 13.5. The van der Waals surface area contributed by atoms with E-state index in [1.54, 1.807) is 0 Å². The lowest BCUT2D eigenvalue weighted by Gasteiger charge is -2.23. The minimum Gasteiger partial charge on any atom is -0.309 e. The molecular weight excluding hydrogens is 695 g/mol. The Labute approximate surface area is 322 Å². The molecule has 3 nitrogen and oxygen atoms in total. The average molecular weight is 728 g/mol. The maximum Gasteiger partial charge on any atom is 0.160 e. The fraction of sp³-hybridized carbons (Fsp3) is 0.0612. The molecule has 0 saturated heterocycles. The second kappa shape index (κ2) is 12.1. The van der Waals surface area contributed by atoms with Crippen molar-refractivity contribution in [3.8, 4) is 50.7 Å². The van der Waals surface area contributed by atoms with Gasteiger partial charge in [0.15, 0.2) is 5.82 Å². The van der Waals surface area contributed by atoms with Crippen LogP contribution in [-0.4, -0.2) is 14.5 Å². The van der Waals surface area contributed by atoms with Crippen LogP contribution in [0.15, 0.2) is 183 Å². The van der Waals surface area contributed by atoms with E-state index in [1.165, 1.54) is 63.6 Å². The predicted molar refractivity (Wildman–Crippen MR) is 225 cm³/mol. The Balaban J connectivity index is 1.16. The Morgan fingerprint density at radius 2 is 1.11 bits per heavy atom. The molecule has 2 aromatic heterocycles. The number of benzene rings is 7. The highest BCUT2D eigenvalue weighted by molar-refractivity contribution is 8.05. The molecule has 0 atom stereocenters. The number of hydrogen-bond acceptors (Lipinski definition) is 4. The summed E-state index contributed by atoms with van der Waals surface area (Å²) in [4.78, 5) is 15.5. The van der Waals surface area contributed by atoms with E-state index in [2.05, 4.69) is 158 Å². The second-order valence-corrected chi connectivity index (χ2v) is 16.8. The molecule has 0 fully saturated rings. The van der Waals surface area contributed by atoms with Crippen LogP contribution in [-0.2, 0) is 5.41 Å². The monoisotopic (exact) mass is 727 g/mol. The summed E-state index contributed by atoms with van der Waals surface area (Å²) in [6.07, 6.45) is 0. The smallest absolute Gasteiger partial charge is 0.160 e. The average Bonchev–Trinajstić information content (AvgIpc) is 3.67. The van der Waals surface area contributed by atoms with Crippen molar-refractivity contribution in [2.45, 2.75) is 38.8 Å². The van der Waals surface area contributed by atoms with E-state index in [0.29, 0.717) is 5.82 Å². The highest BCUT2D eigenvalue weighted by atomic mass is 32.2. The van der Waals surface area contributed by atoms with E-state index < -0.39 is 0 Å². The van der Waals surface area contributed by atoms with Crippen LogP contribution < -0.4 is 0 Å². The minimum atomic E-state index is -0.153. The van der Waals surface area contributed by atoms with Crippen LogP contribution in [0.5, 0.6) is 0 Å². The lowest BCUT2D eigenvalue weighted by molar-refractivity contribution is 0.666. The molecule has 0 spiro atoms. The molecule has 0 unspecified atom stereocenters. The highest BCUT2D eigenvalue weighted by Gasteiger charge is 2.38. The number of nitrogens with zero attached hydrogens (tertiary/aromatic N) is 3. The zero-order chi connectivity index (χ0) is 36.0. The summed E-state index contributed by atoms with van der Waals surface area (Å²) in [5.41, 5.74) is 13.8. The summed E-state index contributed by atoms with van der Waals surface area (Å²) >= 11 is 3.76. The standard InChI is InChI=1S/C49H33N3S2/c1-49(2)37-21-10-9-20-34(37)35-24-25-40-46(47(35)49)36-27-44-45(54-43-23-12-11-22-42(43)53-44)29-41(36)52(40)33-19-13-18-32(26-33)39-28-38(30-14-5-3-6-15-30)50-48(51-39)31-16-7-4-8-17-31/h3-29H,1-2H3. The Kier molecular flexibility index (Phi) is 7.07. The van der Waals surface area contributed by atoms with Gasteiger partial charge in [0.2, 0.25) is 0 Å². The molecule has 3 heterocycles. The summed E-state index contributed by atoms with van der Waals surface area (Å²) < 4.78 is 2.48. The van der Waals surface area contributed by atoms with Crippen LogP contribution in [0.1, 0.15) is 25.0 Å². The normalized spacial score (nSPS) is 13.7. The number of fused-ring (bicyclic) bond motifs is 9. The number of hydrogen-bond donors (Lipinski definition) is 0. The molecule has 5 heteroatoms. The van der Waals surface area contributed by atoms with Gasteiger partial charge in [-0.15, -0.1) is 0 Å². The fourth-order valence-electron chi connectivity index (χ4n) is 8.55. The summed E-state index contributed by atoms with van der Waals surface area (Å²) in [6, 6.07) is 59.0. The van der Waals surface area contributed by atoms with E-state index in [1.807, 2.05) is 47.8 Å². The van der Waals surface area contributed by atoms with Crippen molar-refractivity contribution in [1.29, 1.82) is 0 Å². The van der Waals surface area contributed by atoms with Crippen LogP contribution in [0, 0.1) is 0 Å². The molecule has 0 radical (unpaired) electrons. The maximum atomic E-state index is 5.19. The summed E-state index contributed by atoms with van der Waals surface area (Å²) in [7, 11) is 0. The molecule has 1 aliphatic heterocycles. The van der Waals surface area contributed by atoms with E-state index in [0.717, 1.165) is 33.8 Å². The zero-order valence-electron chi connectivity index (χ0n) is 29.7. The summed E-state index contributed by atoms with van der Waals surface area (Å²) in [5.74, 6) is 0.716. The van der Waals surface area contributed by atoms with Crippen LogP contribution >= 0.6 is 23.5 Å². The first kappa shape index (κ1) is 31.6. The zero-order valence-corrected chi connectivity index (χ0v) is 31.4. The molecule has 2 aliphatic rings. The van der Waals surface area contributed by atoms with Gasteiger partial charge in [-0.1, -0.05) is 153 Å². The number of rotatable bonds is 4. The Morgan fingerprint density at radius 3 is 1.87 bits per heavy atom. The van der Waals surface area contributed by atoms with Gasteiger partial charge in [0, 0.05) is 58.1 Å². The molecule has 0 N–H and O–H groups in total. The molecule has 54 heavy (non-hydrogen) atoms. The lowest BCUT2D eigenvalue weighted by atomic mass is 9.80. The van der Waals surface area contributed by atoms with Crippen molar-refractivity contribution in [2.75, 3.05) is 0 Å². The first-order chi connectivity index (χ1) is 26.5. The van der Waals surface area contributed by atoms with Crippen molar-refractivity contribution < 1.29 is 0 Å². The van der Waals surface area contributed by atoms with Crippen LogP contribution in [0.3, 0.4) is 0 Å². The summed E-state index contributed by atoms with van der Waals surface area (Å²) in [6.45, 7) is 4.79. The van der Waals surface area contributed by atoms with Crippen LogP contribution in [0.25, 0.3) is 72.5 Å². The van der Waals surface area contributed by atoms with Gasteiger partial charge in [-0.3, -0.25) is 0 Å². The maximum absolute atomic E-state index is 5.19. The van der Waals surface area contributed by atoms with Crippen LogP contribution in [0.2, 0.25) is 0 Å². The van der Waals surface area contributed by atoms with Crippen molar-refractivity contribution in [3.05, 3.63) is 175 Å². The third-order valence-corrected chi connectivity index (χ3v) is 13.6. The van der Waals surface area contributed by atoms with E-state index in [-0.39, 0.29) is 5.41 Å². The highest BCUT2D eigenvalue weighted by Crippen LogP contribution is 2.55. The minimum absolute atomic E-state index is 0.153. The fourth-order valence-corrected chi connectivity index (χ4v) is 10.8. The van der Waals surface area contributed by atoms with Gasteiger partial charge < -0.3 is 4.57 Å². The van der Waals surface area contributed by atoms with Crippen molar-refractivity contribution in [1.82, 2.24) is 14.5 Å². The number of aromatic nitrogens is 3. The molecule has 1 aliphatic carbocycles. The quantitative estimate of drug-likeness (QED) is 0.181. The molecule has 9 aromatic rings. The molecule has 0 amide bonds. The Bertz CT molecular complexity index is 2910. The molecule has 256 valence electrons. The van der Waals surface area contributed by atoms with E-state index in [9.17, 15) is 0 Å².